The fraction of sp³-hybridized carbons (Fsp3) is 0.333. The normalized spacial score (nSPS) is 11.9. The molecule has 2 aromatic rings. The first-order chi connectivity index (χ1) is 7.04. The van der Waals surface area contributed by atoms with Crippen molar-refractivity contribution in [2.45, 2.75) is 26.2 Å². The SMILES string of the molecule is CC(C)(C)c1nccn2c(C=O)ccc12. The third-order valence-corrected chi connectivity index (χ3v) is 2.44. The molecule has 0 N–H and O–H groups in total. The van der Waals surface area contributed by atoms with Crippen LogP contribution < -0.4 is 0 Å². The van der Waals surface area contributed by atoms with Crippen molar-refractivity contribution in [1.82, 2.24) is 9.38 Å². The molecule has 0 atom stereocenters. The van der Waals surface area contributed by atoms with Crippen LogP contribution in [0.5, 0.6) is 0 Å². The van der Waals surface area contributed by atoms with E-state index in [9.17, 15) is 4.79 Å². The minimum absolute atomic E-state index is 0.0129. The van der Waals surface area contributed by atoms with Gasteiger partial charge in [-0.25, -0.2) is 0 Å². The summed E-state index contributed by atoms with van der Waals surface area (Å²) in [5, 5.41) is 0. The van der Waals surface area contributed by atoms with E-state index in [-0.39, 0.29) is 5.41 Å². The number of rotatable bonds is 1. The number of fused-ring (bicyclic) bond motifs is 1. The van der Waals surface area contributed by atoms with Crippen LogP contribution in [0.3, 0.4) is 0 Å². The largest absolute Gasteiger partial charge is 0.311 e. The molecule has 3 heteroatoms. The summed E-state index contributed by atoms with van der Waals surface area (Å²) in [6.45, 7) is 6.34. The lowest BCUT2D eigenvalue weighted by molar-refractivity contribution is 0.111. The van der Waals surface area contributed by atoms with Crippen LogP contribution >= 0.6 is 0 Å². The molecule has 0 saturated carbocycles. The van der Waals surface area contributed by atoms with Crippen molar-refractivity contribution >= 4 is 11.8 Å². The van der Waals surface area contributed by atoms with Gasteiger partial charge in [0.05, 0.1) is 16.9 Å². The Morgan fingerprint density at radius 1 is 1.33 bits per heavy atom. The van der Waals surface area contributed by atoms with Gasteiger partial charge in [0.1, 0.15) is 0 Å². The molecule has 0 unspecified atom stereocenters. The van der Waals surface area contributed by atoms with Crippen LogP contribution in [-0.4, -0.2) is 15.7 Å². The average molecular weight is 202 g/mol. The molecule has 0 aromatic carbocycles. The third kappa shape index (κ3) is 1.54. The zero-order chi connectivity index (χ0) is 11.1. The van der Waals surface area contributed by atoms with Crippen molar-refractivity contribution in [3.63, 3.8) is 0 Å². The van der Waals surface area contributed by atoms with Gasteiger partial charge in [-0.1, -0.05) is 20.8 Å². The van der Waals surface area contributed by atoms with Crippen LogP contribution in [0.1, 0.15) is 37.0 Å². The highest BCUT2D eigenvalue weighted by Crippen LogP contribution is 2.25. The number of hydrogen-bond donors (Lipinski definition) is 0. The maximum Gasteiger partial charge on any atom is 0.166 e. The fourth-order valence-electron chi connectivity index (χ4n) is 1.74. The van der Waals surface area contributed by atoms with Crippen LogP contribution in [0.25, 0.3) is 5.52 Å². The molecule has 2 rings (SSSR count). The summed E-state index contributed by atoms with van der Waals surface area (Å²) in [5.74, 6) is 0. The molecule has 0 spiro atoms. The monoisotopic (exact) mass is 202 g/mol. The van der Waals surface area contributed by atoms with E-state index in [2.05, 4.69) is 25.8 Å². The highest BCUT2D eigenvalue weighted by Gasteiger charge is 2.19. The van der Waals surface area contributed by atoms with E-state index in [1.165, 1.54) is 0 Å². The maximum absolute atomic E-state index is 10.8. The van der Waals surface area contributed by atoms with Gasteiger partial charge in [-0.2, -0.15) is 0 Å². The first kappa shape index (κ1) is 9.90. The smallest absolute Gasteiger partial charge is 0.166 e. The van der Waals surface area contributed by atoms with E-state index < -0.39 is 0 Å². The van der Waals surface area contributed by atoms with Gasteiger partial charge in [-0.05, 0) is 12.1 Å². The lowest BCUT2D eigenvalue weighted by Gasteiger charge is -2.18. The van der Waals surface area contributed by atoms with Crippen molar-refractivity contribution in [1.29, 1.82) is 0 Å². The van der Waals surface area contributed by atoms with Crippen molar-refractivity contribution in [3.05, 3.63) is 35.9 Å². The standard InChI is InChI=1S/C12H14N2O/c1-12(2,3)11-10-5-4-9(8-15)14(10)7-6-13-11/h4-8H,1-3H3. The molecule has 0 aliphatic heterocycles. The van der Waals surface area contributed by atoms with E-state index in [4.69, 9.17) is 0 Å². The Hall–Kier alpha value is -1.64. The van der Waals surface area contributed by atoms with E-state index in [0.29, 0.717) is 5.69 Å². The Balaban J connectivity index is 2.78. The Bertz CT molecular complexity index is 506. The van der Waals surface area contributed by atoms with E-state index in [0.717, 1.165) is 17.5 Å². The second kappa shape index (κ2) is 3.19. The molecule has 0 amide bonds. The lowest BCUT2D eigenvalue weighted by Crippen LogP contribution is -2.15. The number of aldehydes is 1. The van der Waals surface area contributed by atoms with Gasteiger partial charge in [0.15, 0.2) is 6.29 Å². The number of hydrogen-bond acceptors (Lipinski definition) is 2. The number of carbonyl (C=O) groups is 1. The van der Waals surface area contributed by atoms with Gasteiger partial charge >= 0.3 is 0 Å². The lowest BCUT2D eigenvalue weighted by atomic mass is 9.91. The topological polar surface area (TPSA) is 34.4 Å². The summed E-state index contributed by atoms with van der Waals surface area (Å²) in [5.41, 5.74) is 2.67. The molecule has 0 fully saturated rings. The minimum atomic E-state index is -0.0129. The second-order valence-corrected chi connectivity index (χ2v) is 4.66. The summed E-state index contributed by atoms with van der Waals surface area (Å²) < 4.78 is 1.88. The van der Waals surface area contributed by atoms with Crippen LogP contribution in [0.2, 0.25) is 0 Å². The number of aromatic nitrogens is 2. The van der Waals surface area contributed by atoms with Gasteiger partial charge in [0, 0.05) is 17.8 Å². The Kier molecular flexibility index (Phi) is 2.11. The summed E-state index contributed by atoms with van der Waals surface area (Å²) in [6, 6.07) is 3.76. The summed E-state index contributed by atoms with van der Waals surface area (Å²) >= 11 is 0. The molecule has 0 saturated heterocycles. The van der Waals surface area contributed by atoms with Crippen LogP contribution in [0.15, 0.2) is 24.5 Å². The molecule has 0 radical (unpaired) electrons. The molecular weight excluding hydrogens is 188 g/mol. The van der Waals surface area contributed by atoms with Gasteiger partial charge < -0.3 is 4.40 Å². The van der Waals surface area contributed by atoms with Crippen LogP contribution in [0, 0.1) is 0 Å². The first-order valence-corrected chi connectivity index (χ1v) is 4.96. The zero-order valence-electron chi connectivity index (χ0n) is 9.19. The molecule has 2 aromatic heterocycles. The van der Waals surface area contributed by atoms with E-state index in [1.807, 2.05) is 22.7 Å². The highest BCUT2D eigenvalue weighted by molar-refractivity contribution is 5.76. The molecular formula is C12H14N2O. The van der Waals surface area contributed by atoms with Gasteiger partial charge in [-0.3, -0.25) is 9.78 Å². The molecule has 0 bridgehead atoms. The number of carbonyl (C=O) groups excluding carboxylic acids is 1. The molecule has 3 nitrogen and oxygen atoms in total. The van der Waals surface area contributed by atoms with E-state index >= 15 is 0 Å². The summed E-state index contributed by atoms with van der Waals surface area (Å²) in [4.78, 5) is 15.2. The zero-order valence-corrected chi connectivity index (χ0v) is 9.19. The Morgan fingerprint density at radius 2 is 2.07 bits per heavy atom. The Morgan fingerprint density at radius 3 is 2.67 bits per heavy atom. The van der Waals surface area contributed by atoms with Crippen molar-refractivity contribution < 1.29 is 4.79 Å². The molecule has 2 heterocycles. The highest BCUT2D eigenvalue weighted by atomic mass is 16.1. The fourth-order valence-corrected chi connectivity index (χ4v) is 1.74. The van der Waals surface area contributed by atoms with Gasteiger partial charge in [0.2, 0.25) is 0 Å². The first-order valence-electron chi connectivity index (χ1n) is 4.96. The average Bonchev–Trinajstić information content (AvgIpc) is 2.58. The van der Waals surface area contributed by atoms with Crippen molar-refractivity contribution in [2.24, 2.45) is 0 Å². The summed E-state index contributed by atoms with van der Waals surface area (Å²) in [7, 11) is 0. The van der Waals surface area contributed by atoms with Gasteiger partial charge in [0.25, 0.3) is 0 Å². The second-order valence-electron chi connectivity index (χ2n) is 4.66. The predicted octanol–water partition coefficient (Wildman–Crippen LogP) is 2.44. The van der Waals surface area contributed by atoms with Gasteiger partial charge in [-0.15, -0.1) is 0 Å². The van der Waals surface area contributed by atoms with Crippen molar-refractivity contribution in [2.75, 3.05) is 0 Å². The van der Waals surface area contributed by atoms with Crippen LogP contribution in [0.4, 0.5) is 0 Å². The quantitative estimate of drug-likeness (QED) is 0.666. The molecule has 15 heavy (non-hydrogen) atoms. The molecule has 0 aliphatic carbocycles. The third-order valence-electron chi connectivity index (χ3n) is 2.44. The number of nitrogens with zero attached hydrogens (tertiary/aromatic N) is 2. The molecule has 78 valence electrons. The Labute approximate surface area is 88.8 Å². The minimum Gasteiger partial charge on any atom is -0.311 e. The predicted molar refractivity (Wildman–Crippen MR) is 59.3 cm³/mol. The summed E-state index contributed by atoms with van der Waals surface area (Å²) in [6.07, 6.45) is 4.41. The van der Waals surface area contributed by atoms with E-state index in [1.54, 1.807) is 6.20 Å². The maximum atomic E-state index is 10.8. The molecule has 0 aliphatic rings. The van der Waals surface area contributed by atoms with Crippen LogP contribution in [-0.2, 0) is 5.41 Å². The van der Waals surface area contributed by atoms with Crippen molar-refractivity contribution in [3.8, 4) is 0 Å².